The quantitative estimate of drug-likeness (QED) is 0.361. The number of hydrogen-bond donors (Lipinski definition) is 1. The highest BCUT2D eigenvalue weighted by molar-refractivity contribution is 6.33. The van der Waals surface area contributed by atoms with E-state index in [1.54, 1.807) is 0 Å². The fraction of sp³-hybridized carbons (Fsp3) is 0.273. The molecule has 0 aromatic heterocycles. The Balaban J connectivity index is 3.36. The van der Waals surface area contributed by atoms with Gasteiger partial charge in [0.2, 0.25) is 5.75 Å². The number of methoxy groups -OCH3 is 3. The molecule has 0 amide bonds. The SMILES string of the molecule is COc1cc(C(=O)C=[N+]=N)cc(OC)c1OC. The molecular formula is C11H13N2O4+. The van der Waals surface area contributed by atoms with Gasteiger partial charge in [-0.1, -0.05) is 0 Å². The van der Waals surface area contributed by atoms with Crippen molar-refractivity contribution in [3.8, 4) is 17.2 Å². The van der Waals surface area contributed by atoms with Gasteiger partial charge in [-0.05, 0) is 12.1 Å². The van der Waals surface area contributed by atoms with E-state index in [1.165, 1.54) is 33.5 Å². The molecule has 0 radical (unpaired) electrons. The monoisotopic (exact) mass is 237 g/mol. The summed E-state index contributed by atoms with van der Waals surface area (Å²) in [6, 6.07) is 3.01. The van der Waals surface area contributed by atoms with Crippen LogP contribution in [0.5, 0.6) is 17.2 Å². The number of carbonyl (C=O) groups is 1. The third-order valence-electron chi connectivity index (χ3n) is 2.13. The zero-order valence-electron chi connectivity index (χ0n) is 9.81. The maximum Gasteiger partial charge on any atom is 0.377 e. The summed E-state index contributed by atoms with van der Waals surface area (Å²) in [6.45, 7) is 0. The molecule has 0 saturated carbocycles. The normalized spacial score (nSPS) is 9.12. The second kappa shape index (κ2) is 5.67. The Kier molecular flexibility index (Phi) is 4.25. The van der Waals surface area contributed by atoms with Gasteiger partial charge in [0.1, 0.15) is 0 Å². The first-order chi connectivity index (χ1) is 8.17. The van der Waals surface area contributed by atoms with Crippen molar-refractivity contribution in [1.29, 1.82) is 5.53 Å². The first-order valence-electron chi connectivity index (χ1n) is 4.72. The van der Waals surface area contributed by atoms with Crippen molar-refractivity contribution in [3.05, 3.63) is 17.7 Å². The van der Waals surface area contributed by atoms with Crippen molar-refractivity contribution in [2.45, 2.75) is 0 Å². The number of ketones is 1. The van der Waals surface area contributed by atoms with Crippen LogP contribution >= 0.6 is 0 Å². The van der Waals surface area contributed by atoms with Crippen molar-refractivity contribution >= 4 is 12.0 Å². The molecule has 6 heteroatoms. The summed E-state index contributed by atoms with van der Waals surface area (Å²) in [6.07, 6.45) is 0.903. The van der Waals surface area contributed by atoms with Crippen LogP contribution in [0.15, 0.2) is 12.1 Å². The van der Waals surface area contributed by atoms with E-state index < -0.39 is 5.78 Å². The van der Waals surface area contributed by atoms with Crippen molar-refractivity contribution in [3.63, 3.8) is 0 Å². The summed E-state index contributed by atoms with van der Waals surface area (Å²) in [5, 5.41) is 0. The molecule has 90 valence electrons. The van der Waals surface area contributed by atoms with Crippen molar-refractivity contribution in [2.24, 2.45) is 0 Å². The van der Waals surface area contributed by atoms with Gasteiger partial charge in [-0.2, -0.15) is 0 Å². The van der Waals surface area contributed by atoms with Crippen LogP contribution in [-0.4, -0.2) is 38.1 Å². The second-order valence-corrected chi connectivity index (χ2v) is 3.04. The predicted octanol–water partition coefficient (Wildman–Crippen LogP) is 1.21. The van der Waals surface area contributed by atoms with Crippen LogP contribution < -0.4 is 14.2 Å². The van der Waals surface area contributed by atoms with Gasteiger partial charge in [-0.25, -0.2) is 0 Å². The molecule has 0 atom stereocenters. The van der Waals surface area contributed by atoms with Gasteiger partial charge in [0, 0.05) is 5.56 Å². The molecule has 0 aliphatic rings. The third kappa shape index (κ3) is 2.62. The van der Waals surface area contributed by atoms with Crippen LogP contribution in [0.4, 0.5) is 0 Å². The lowest BCUT2D eigenvalue weighted by molar-refractivity contribution is -0.111. The fourth-order valence-electron chi connectivity index (χ4n) is 1.36. The molecule has 1 aromatic carbocycles. The fourth-order valence-corrected chi connectivity index (χ4v) is 1.36. The van der Waals surface area contributed by atoms with E-state index in [1.807, 2.05) is 0 Å². The molecule has 0 heterocycles. The average Bonchev–Trinajstić information content (AvgIpc) is 2.37. The first kappa shape index (κ1) is 12.7. The number of carbonyl (C=O) groups excluding carboxylic acids is 1. The lowest BCUT2D eigenvalue weighted by Crippen LogP contribution is -2.04. The lowest BCUT2D eigenvalue weighted by Gasteiger charge is -2.12. The molecule has 1 aromatic rings. The molecule has 0 bridgehead atoms. The van der Waals surface area contributed by atoms with Gasteiger partial charge < -0.3 is 14.2 Å². The third-order valence-corrected chi connectivity index (χ3v) is 2.13. The molecular weight excluding hydrogens is 224 g/mol. The van der Waals surface area contributed by atoms with Gasteiger partial charge in [0.15, 0.2) is 11.5 Å². The summed E-state index contributed by atoms with van der Waals surface area (Å²) in [5.74, 6) is 0.774. The van der Waals surface area contributed by atoms with Crippen molar-refractivity contribution in [1.82, 2.24) is 0 Å². The standard InChI is InChI=1S/C11H13N2O4/c1-15-9-4-7(8(14)6-13-12)5-10(16-2)11(9)17-3/h4-6,12H,1-3H3/q+1. The Morgan fingerprint density at radius 1 is 1.18 bits per heavy atom. The Hall–Kier alpha value is -2.33. The zero-order valence-corrected chi connectivity index (χ0v) is 9.81. The molecule has 0 aliphatic carbocycles. The summed E-state index contributed by atoms with van der Waals surface area (Å²) in [7, 11) is 4.40. The minimum absolute atomic E-state index is 0.315. The number of hydrogen-bond acceptors (Lipinski definition) is 5. The highest BCUT2D eigenvalue weighted by Gasteiger charge is 2.17. The smallest absolute Gasteiger partial charge is 0.377 e. The molecule has 0 fully saturated rings. The molecule has 6 nitrogen and oxygen atoms in total. The van der Waals surface area contributed by atoms with E-state index in [0.717, 1.165) is 6.21 Å². The Labute approximate surface area is 98.3 Å². The van der Waals surface area contributed by atoms with Gasteiger partial charge in [0.05, 0.1) is 31.7 Å². The van der Waals surface area contributed by atoms with Crippen LogP contribution in [0.2, 0.25) is 0 Å². The van der Waals surface area contributed by atoms with Gasteiger partial charge in [0.25, 0.3) is 5.78 Å². The Morgan fingerprint density at radius 3 is 2.06 bits per heavy atom. The van der Waals surface area contributed by atoms with E-state index in [2.05, 4.69) is 4.79 Å². The predicted molar refractivity (Wildman–Crippen MR) is 59.5 cm³/mol. The van der Waals surface area contributed by atoms with E-state index in [9.17, 15) is 4.79 Å². The molecule has 0 aliphatic heterocycles. The summed E-state index contributed by atoms with van der Waals surface area (Å²) in [4.78, 5) is 14.5. The van der Waals surface area contributed by atoms with E-state index >= 15 is 0 Å². The number of nitrogens with one attached hydrogen (secondary N) is 1. The van der Waals surface area contributed by atoms with E-state index in [4.69, 9.17) is 19.7 Å². The van der Waals surface area contributed by atoms with Crippen LogP contribution in [0, 0.1) is 5.53 Å². The molecule has 0 spiro atoms. The van der Waals surface area contributed by atoms with Gasteiger partial charge in [-0.3, -0.25) is 4.79 Å². The van der Waals surface area contributed by atoms with Crippen molar-refractivity contribution in [2.75, 3.05) is 21.3 Å². The highest BCUT2D eigenvalue weighted by Crippen LogP contribution is 2.38. The van der Waals surface area contributed by atoms with Crippen molar-refractivity contribution < 1.29 is 23.8 Å². The maximum absolute atomic E-state index is 11.6. The Morgan fingerprint density at radius 2 is 1.71 bits per heavy atom. The van der Waals surface area contributed by atoms with Crippen LogP contribution in [-0.2, 0) is 0 Å². The first-order valence-corrected chi connectivity index (χ1v) is 4.72. The molecule has 1 rings (SSSR count). The number of ether oxygens (including phenoxy) is 3. The highest BCUT2D eigenvalue weighted by atomic mass is 16.5. The number of nitrogens with zero attached hydrogens (tertiary/aromatic N) is 1. The molecule has 1 N–H and O–H groups in total. The summed E-state index contributed by atoms with van der Waals surface area (Å²) < 4.78 is 15.3. The average molecular weight is 237 g/mol. The lowest BCUT2D eigenvalue weighted by atomic mass is 10.1. The van der Waals surface area contributed by atoms with Crippen LogP contribution in [0.1, 0.15) is 10.4 Å². The van der Waals surface area contributed by atoms with Gasteiger partial charge in [-0.15, -0.1) is 0 Å². The summed E-state index contributed by atoms with van der Waals surface area (Å²) >= 11 is 0. The van der Waals surface area contributed by atoms with Crippen LogP contribution in [0.25, 0.3) is 0 Å². The summed E-state index contributed by atoms with van der Waals surface area (Å²) in [5.41, 5.74) is 6.93. The Bertz CT molecular complexity index is 453. The minimum Gasteiger partial charge on any atom is -0.493 e. The largest absolute Gasteiger partial charge is 0.493 e. The molecule has 0 saturated heterocycles. The van der Waals surface area contributed by atoms with Crippen LogP contribution in [0.3, 0.4) is 0 Å². The maximum atomic E-state index is 11.6. The second-order valence-electron chi connectivity index (χ2n) is 3.04. The number of Topliss-reactive ketones (excluding diaryl/α,β-unsaturated/α-hetero) is 1. The molecule has 0 unspecified atom stereocenters. The van der Waals surface area contributed by atoms with E-state index in [-0.39, 0.29) is 0 Å². The molecule has 17 heavy (non-hydrogen) atoms. The topological polar surface area (TPSA) is 82.7 Å². The minimum atomic E-state index is -0.403. The number of rotatable bonds is 5. The number of benzene rings is 1. The van der Waals surface area contributed by atoms with Gasteiger partial charge >= 0.3 is 6.21 Å². The van der Waals surface area contributed by atoms with E-state index in [0.29, 0.717) is 22.8 Å². The zero-order chi connectivity index (χ0) is 12.8.